The smallest absolute Gasteiger partial charge is 0.129 e. The van der Waals surface area contributed by atoms with Crippen LogP contribution in [0.5, 0.6) is 0 Å². The maximum absolute atomic E-state index is 5.98. The minimum atomic E-state index is 0.532. The van der Waals surface area contributed by atoms with Crippen LogP contribution in [0.1, 0.15) is 11.4 Å². The molecule has 0 fully saturated rings. The monoisotopic (exact) mass is 274 g/mol. The van der Waals surface area contributed by atoms with Crippen LogP contribution < -0.4 is 0 Å². The molecule has 2 nitrogen and oxygen atoms in total. The van der Waals surface area contributed by atoms with Crippen LogP contribution in [-0.4, -0.2) is 9.97 Å². The molecule has 0 bridgehead atoms. The SMILES string of the molecule is Cc1cc(-c2csc3ccc(Cl)nc23)cc(C)n1. The fraction of sp³-hybridized carbons (Fsp3) is 0.143. The molecule has 0 aliphatic heterocycles. The Morgan fingerprint density at radius 3 is 2.50 bits per heavy atom. The lowest BCUT2D eigenvalue weighted by atomic mass is 10.1. The zero-order valence-electron chi connectivity index (χ0n) is 10.1. The van der Waals surface area contributed by atoms with Gasteiger partial charge in [0.1, 0.15) is 5.15 Å². The van der Waals surface area contributed by atoms with Gasteiger partial charge in [-0.25, -0.2) is 4.98 Å². The fourth-order valence-corrected chi connectivity index (χ4v) is 3.14. The largest absolute Gasteiger partial charge is 0.258 e. The summed E-state index contributed by atoms with van der Waals surface area (Å²) in [6.07, 6.45) is 0. The third-order valence-electron chi connectivity index (χ3n) is 2.78. The summed E-state index contributed by atoms with van der Waals surface area (Å²) in [4.78, 5) is 8.83. The van der Waals surface area contributed by atoms with Crippen LogP contribution in [0.15, 0.2) is 29.6 Å². The van der Waals surface area contributed by atoms with Gasteiger partial charge in [-0.05, 0) is 43.7 Å². The molecule has 0 saturated heterocycles. The summed E-state index contributed by atoms with van der Waals surface area (Å²) in [6, 6.07) is 8.00. The van der Waals surface area contributed by atoms with Crippen LogP contribution in [0.25, 0.3) is 21.3 Å². The van der Waals surface area contributed by atoms with Crippen LogP contribution >= 0.6 is 22.9 Å². The molecular weight excluding hydrogens is 264 g/mol. The number of fused-ring (bicyclic) bond motifs is 1. The first kappa shape index (κ1) is 11.6. The molecule has 0 unspecified atom stereocenters. The molecule has 4 heteroatoms. The first-order valence-corrected chi connectivity index (χ1v) is 6.88. The highest BCUT2D eigenvalue weighted by Crippen LogP contribution is 2.33. The molecule has 3 aromatic rings. The number of aromatic nitrogens is 2. The van der Waals surface area contributed by atoms with Gasteiger partial charge in [0.15, 0.2) is 0 Å². The number of hydrogen-bond donors (Lipinski definition) is 0. The van der Waals surface area contributed by atoms with Crippen LogP contribution in [0, 0.1) is 13.8 Å². The summed E-state index contributed by atoms with van der Waals surface area (Å²) in [7, 11) is 0. The van der Waals surface area contributed by atoms with Crippen molar-refractivity contribution in [2.75, 3.05) is 0 Å². The second kappa shape index (κ2) is 4.34. The summed E-state index contributed by atoms with van der Waals surface area (Å²) in [5, 5.41) is 2.66. The van der Waals surface area contributed by atoms with Gasteiger partial charge in [-0.2, -0.15) is 0 Å². The average Bonchev–Trinajstić information content (AvgIpc) is 2.70. The summed E-state index contributed by atoms with van der Waals surface area (Å²) in [6.45, 7) is 4.01. The van der Waals surface area contributed by atoms with Gasteiger partial charge in [0, 0.05) is 22.3 Å². The zero-order chi connectivity index (χ0) is 12.7. The zero-order valence-corrected chi connectivity index (χ0v) is 11.6. The number of aryl methyl sites for hydroxylation is 2. The lowest BCUT2D eigenvalue weighted by molar-refractivity contribution is 1.12. The molecule has 0 saturated carbocycles. The van der Waals surface area contributed by atoms with Gasteiger partial charge in [-0.1, -0.05) is 11.6 Å². The Morgan fingerprint density at radius 1 is 1.06 bits per heavy atom. The standard InChI is InChI=1S/C14H11ClN2S/c1-8-5-10(6-9(2)16-8)11-7-18-12-3-4-13(15)17-14(11)12/h3-7H,1-2H3. The van der Waals surface area contributed by atoms with Crippen molar-refractivity contribution in [1.29, 1.82) is 0 Å². The number of hydrogen-bond acceptors (Lipinski definition) is 3. The number of rotatable bonds is 1. The van der Waals surface area contributed by atoms with E-state index >= 15 is 0 Å². The highest BCUT2D eigenvalue weighted by Gasteiger charge is 2.09. The maximum atomic E-state index is 5.98. The van der Waals surface area contributed by atoms with E-state index in [1.165, 1.54) is 0 Å². The van der Waals surface area contributed by atoms with Crippen molar-refractivity contribution in [2.24, 2.45) is 0 Å². The van der Waals surface area contributed by atoms with Gasteiger partial charge in [0.25, 0.3) is 0 Å². The molecule has 0 aliphatic carbocycles. The predicted molar refractivity (Wildman–Crippen MR) is 77.3 cm³/mol. The van der Waals surface area contributed by atoms with E-state index in [4.69, 9.17) is 11.6 Å². The normalized spacial score (nSPS) is 11.1. The molecule has 90 valence electrons. The van der Waals surface area contributed by atoms with Gasteiger partial charge < -0.3 is 0 Å². The fourth-order valence-electron chi connectivity index (χ4n) is 2.08. The Bertz CT molecular complexity index is 713. The lowest BCUT2D eigenvalue weighted by Crippen LogP contribution is -1.88. The summed E-state index contributed by atoms with van der Waals surface area (Å²) < 4.78 is 1.15. The Labute approximate surface area is 114 Å². The summed E-state index contributed by atoms with van der Waals surface area (Å²) in [5.41, 5.74) is 5.29. The minimum Gasteiger partial charge on any atom is -0.258 e. The molecule has 18 heavy (non-hydrogen) atoms. The highest BCUT2D eigenvalue weighted by atomic mass is 35.5. The minimum absolute atomic E-state index is 0.532. The van der Waals surface area contributed by atoms with Gasteiger partial charge >= 0.3 is 0 Å². The second-order valence-corrected chi connectivity index (χ2v) is 5.57. The van der Waals surface area contributed by atoms with E-state index in [1.807, 2.05) is 26.0 Å². The van der Waals surface area contributed by atoms with Crippen LogP contribution in [-0.2, 0) is 0 Å². The number of pyridine rings is 2. The van der Waals surface area contributed by atoms with Gasteiger partial charge in [-0.15, -0.1) is 11.3 Å². The number of thiophene rings is 1. The van der Waals surface area contributed by atoms with E-state index < -0.39 is 0 Å². The molecule has 3 rings (SSSR count). The van der Waals surface area contributed by atoms with Crippen LogP contribution in [0.2, 0.25) is 5.15 Å². The van der Waals surface area contributed by atoms with E-state index in [9.17, 15) is 0 Å². The second-order valence-electron chi connectivity index (χ2n) is 4.27. The van der Waals surface area contributed by atoms with E-state index in [-0.39, 0.29) is 0 Å². The van der Waals surface area contributed by atoms with Crippen molar-refractivity contribution in [3.05, 3.63) is 46.2 Å². The van der Waals surface area contributed by atoms with Crippen molar-refractivity contribution in [1.82, 2.24) is 9.97 Å². The lowest BCUT2D eigenvalue weighted by Gasteiger charge is -2.03. The van der Waals surface area contributed by atoms with E-state index in [1.54, 1.807) is 11.3 Å². The molecule has 0 aromatic carbocycles. The molecule has 3 heterocycles. The van der Waals surface area contributed by atoms with Crippen molar-refractivity contribution in [2.45, 2.75) is 13.8 Å². The molecule has 0 N–H and O–H groups in total. The van der Waals surface area contributed by atoms with Crippen LogP contribution in [0.4, 0.5) is 0 Å². The molecular formula is C14H11ClN2S. The van der Waals surface area contributed by atoms with Crippen LogP contribution in [0.3, 0.4) is 0 Å². The Hall–Kier alpha value is -1.45. The van der Waals surface area contributed by atoms with Crippen molar-refractivity contribution < 1.29 is 0 Å². The van der Waals surface area contributed by atoms with Gasteiger partial charge in [-0.3, -0.25) is 4.98 Å². The molecule has 0 radical (unpaired) electrons. The van der Waals surface area contributed by atoms with E-state index in [2.05, 4.69) is 27.5 Å². The van der Waals surface area contributed by atoms with Gasteiger partial charge in [0.05, 0.1) is 10.2 Å². The molecule has 0 spiro atoms. The Kier molecular flexibility index (Phi) is 2.80. The van der Waals surface area contributed by atoms with E-state index in [0.717, 1.165) is 32.7 Å². The third kappa shape index (κ3) is 2.00. The van der Waals surface area contributed by atoms with Crippen molar-refractivity contribution >= 4 is 33.2 Å². The Morgan fingerprint density at radius 2 is 1.78 bits per heavy atom. The highest BCUT2D eigenvalue weighted by molar-refractivity contribution is 7.17. The molecule has 0 aliphatic rings. The average molecular weight is 275 g/mol. The number of nitrogens with zero attached hydrogens (tertiary/aromatic N) is 2. The topological polar surface area (TPSA) is 25.8 Å². The Balaban J connectivity index is 2.27. The summed E-state index contributed by atoms with van der Waals surface area (Å²) in [5.74, 6) is 0. The molecule has 0 atom stereocenters. The third-order valence-corrected chi connectivity index (χ3v) is 3.92. The van der Waals surface area contributed by atoms with E-state index in [0.29, 0.717) is 5.15 Å². The van der Waals surface area contributed by atoms with Gasteiger partial charge in [0.2, 0.25) is 0 Å². The summed E-state index contributed by atoms with van der Waals surface area (Å²) >= 11 is 7.67. The maximum Gasteiger partial charge on any atom is 0.129 e. The van der Waals surface area contributed by atoms with Crippen molar-refractivity contribution in [3.63, 3.8) is 0 Å². The van der Waals surface area contributed by atoms with Crippen molar-refractivity contribution in [3.8, 4) is 11.1 Å². The molecule has 3 aromatic heterocycles. The first-order chi connectivity index (χ1) is 8.63. The number of halogens is 1. The first-order valence-electron chi connectivity index (χ1n) is 5.63. The molecule has 0 amide bonds. The predicted octanol–water partition coefficient (Wildman–Crippen LogP) is 4.63. The quantitative estimate of drug-likeness (QED) is 0.605.